The minimum absolute atomic E-state index is 0.129. The highest BCUT2D eigenvalue weighted by atomic mass is 16.6. The Hall–Kier alpha value is -5.81. The zero-order valence-electron chi connectivity index (χ0n) is 27.0. The van der Waals surface area contributed by atoms with Gasteiger partial charge in [0.15, 0.2) is 40.5 Å². The predicted molar refractivity (Wildman–Crippen MR) is 192 cm³/mol. The van der Waals surface area contributed by atoms with Crippen LogP contribution < -0.4 is 9.47 Å². The van der Waals surface area contributed by atoms with Gasteiger partial charge in [-0.2, -0.15) is 0 Å². The summed E-state index contributed by atoms with van der Waals surface area (Å²) in [6.07, 6.45) is 11.5. The van der Waals surface area contributed by atoms with Gasteiger partial charge in [0, 0.05) is 22.1 Å². The number of benzene rings is 4. The SMILES string of the molecule is C=C/C=C(\C=C)c1cccc(-c2nc(C(/C=C\C)=C/C)nc(-c3ccc4c(c3)Oc3cc5c(cc3O4)C(C)(C)c3ccccc3-5)n2)c1. The number of hydrogen-bond acceptors (Lipinski definition) is 5. The fourth-order valence-electron chi connectivity index (χ4n) is 6.41. The molecule has 0 radical (unpaired) electrons. The fourth-order valence-corrected chi connectivity index (χ4v) is 6.41. The van der Waals surface area contributed by atoms with Gasteiger partial charge in [-0.15, -0.1) is 0 Å². The maximum Gasteiger partial charge on any atom is 0.170 e. The summed E-state index contributed by atoms with van der Waals surface area (Å²) in [4.78, 5) is 14.8. The van der Waals surface area contributed by atoms with Crippen LogP contribution in [0.15, 0.2) is 128 Å². The molecule has 2 heterocycles. The minimum atomic E-state index is -0.129. The third kappa shape index (κ3) is 5.20. The molecular formula is C42H35N3O2. The summed E-state index contributed by atoms with van der Waals surface area (Å²) in [5.41, 5.74) is 9.33. The van der Waals surface area contributed by atoms with Crippen LogP contribution >= 0.6 is 0 Å². The van der Waals surface area contributed by atoms with Gasteiger partial charge in [0.2, 0.25) is 0 Å². The molecule has 1 aliphatic heterocycles. The van der Waals surface area contributed by atoms with Crippen molar-refractivity contribution in [1.82, 2.24) is 15.0 Å². The largest absolute Gasteiger partial charge is 0.450 e. The predicted octanol–water partition coefficient (Wildman–Crippen LogP) is 11.1. The van der Waals surface area contributed by atoms with Crippen LogP contribution in [0.1, 0.15) is 50.2 Å². The molecule has 5 aromatic rings. The van der Waals surface area contributed by atoms with Crippen LogP contribution in [-0.4, -0.2) is 15.0 Å². The lowest BCUT2D eigenvalue weighted by molar-refractivity contribution is 0.359. The number of ether oxygens (including phenoxy) is 2. The minimum Gasteiger partial charge on any atom is -0.450 e. The Balaban J connectivity index is 1.31. The molecule has 2 aliphatic rings. The zero-order chi connectivity index (χ0) is 32.7. The van der Waals surface area contributed by atoms with Gasteiger partial charge in [0.1, 0.15) is 0 Å². The molecule has 0 saturated heterocycles. The first kappa shape index (κ1) is 29.9. The van der Waals surface area contributed by atoms with Crippen LogP contribution in [-0.2, 0) is 5.41 Å². The van der Waals surface area contributed by atoms with E-state index in [1.807, 2.05) is 80.6 Å². The van der Waals surface area contributed by atoms with E-state index in [1.54, 1.807) is 6.08 Å². The number of nitrogens with zero attached hydrogens (tertiary/aromatic N) is 3. The van der Waals surface area contributed by atoms with Crippen molar-refractivity contribution in [2.45, 2.75) is 33.1 Å². The molecule has 0 unspecified atom stereocenters. The molecule has 7 rings (SSSR count). The third-order valence-corrected chi connectivity index (χ3v) is 8.81. The topological polar surface area (TPSA) is 57.1 Å². The van der Waals surface area contributed by atoms with E-state index in [0.29, 0.717) is 40.5 Å². The van der Waals surface area contributed by atoms with Crippen LogP contribution in [0.4, 0.5) is 0 Å². The average Bonchev–Trinajstić information content (AvgIpc) is 3.32. The lowest BCUT2D eigenvalue weighted by atomic mass is 9.82. The normalized spacial score (nSPS) is 14.4. The van der Waals surface area contributed by atoms with E-state index in [9.17, 15) is 0 Å². The number of hydrogen-bond donors (Lipinski definition) is 0. The Morgan fingerprint density at radius 1 is 0.681 bits per heavy atom. The second-order valence-corrected chi connectivity index (χ2v) is 12.1. The monoisotopic (exact) mass is 613 g/mol. The summed E-state index contributed by atoms with van der Waals surface area (Å²) in [6.45, 7) is 16.3. The van der Waals surface area contributed by atoms with Crippen LogP contribution in [0.2, 0.25) is 0 Å². The highest BCUT2D eigenvalue weighted by molar-refractivity contribution is 5.84. The Labute approximate surface area is 276 Å². The van der Waals surface area contributed by atoms with Crippen LogP contribution in [0, 0.1) is 0 Å². The molecule has 230 valence electrons. The summed E-state index contributed by atoms with van der Waals surface area (Å²) in [5, 5.41) is 0. The van der Waals surface area contributed by atoms with Crippen molar-refractivity contribution in [3.05, 3.63) is 151 Å². The van der Waals surface area contributed by atoms with Gasteiger partial charge in [0.25, 0.3) is 0 Å². The van der Waals surface area contributed by atoms with Crippen molar-refractivity contribution in [1.29, 1.82) is 0 Å². The molecule has 1 aliphatic carbocycles. The molecule has 0 saturated carbocycles. The molecule has 5 nitrogen and oxygen atoms in total. The summed E-state index contributed by atoms with van der Waals surface area (Å²) >= 11 is 0. The highest BCUT2D eigenvalue weighted by Gasteiger charge is 2.37. The first-order valence-electron chi connectivity index (χ1n) is 15.7. The molecule has 0 spiro atoms. The average molecular weight is 614 g/mol. The Morgan fingerprint density at radius 2 is 1.40 bits per heavy atom. The second-order valence-electron chi connectivity index (χ2n) is 12.1. The molecule has 4 aromatic carbocycles. The van der Waals surface area contributed by atoms with Crippen LogP contribution in [0.5, 0.6) is 23.0 Å². The Kier molecular flexibility index (Phi) is 7.53. The maximum absolute atomic E-state index is 6.54. The van der Waals surface area contributed by atoms with Gasteiger partial charge >= 0.3 is 0 Å². The molecule has 1 aromatic heterocycles. The fraction of sp³-hybridized carbons (Fsp3) is 0.119. The third-order valence-electron chi connectivity index (χ3n) is 8.81. The molecular weight excluding hydrogens is 578 g/mol. The molecule has 5 heteroatoms. The maximum atomic E-state index is 6.54. The number of aromatic nitrogens is 3. The summed E-state index contributed by atoms with van der Waals surface area (Å²) in [5.74, 6) is 4.33. The molecule has 0 fully saturated rings. The van der Waals surface area contributed by atoms with Crippen molar-refractivity contribution >= 4 is 11.1 Å². The highest BCUT2D eigenvalue weighted by Crippen LogP contribution is 2.55. The van der Waals surface area contributed by atoms with Gasteiger partial charge in [-0.1, -0.05) is 106 Å². The summed E-state index contributed by atoms with van der Waals surface area (Å²) in [7, 11) is 0. The van der Waals surface area contributed by atoms with Crippen molar-refractivity contribution in [2.24, 2.45) is 0 Å². The van der Waals surface area contributed by atoms with E-state index >= 15 is 0 Å². The van der Waals surface area contributed by atoms with Gasteiger partial charge < -0.3 is 9.47 Å². The van der Waals surface area contributed by atoms with Gasteiger partial charge in [-0.25, -0.2) is 15.0 Å². The lowest BCUT2D eigenvalue weighted by Gasteiger charge is -2.25. The number of fused-ring (bicyclic) bond motifs is 5. The van der Waals surface area contributed by atoms with Gasteiger partial charge in [0.05, 0.1) is 0 Å². The Morgan fingerprint density at radius 3 is 2.15 bits per heavy atom. The van der Waals surface area contributed by atoms with E-state index in [2.05, 4.69) is 69.5 Å². The number of rotatable bonds is 7. The Bertz CT molecular complexity index is 2180. The van der Waals surface area contributed by atoms with Crippen LogP contribution in [0.25, 0.3) is 45.0 Å². The van der Waals surface area contributed by atoms with Crippen molar-refractivity contribution in [2.75, 3.05) is 0 Å². The number of allylic oxidation sites excluding steroid dienone is 8. The summed E-state index contributed by atoms with van der Waals surface area (Å²) < 4.78 is 13.0. The molecule has 0 amide bonds. The van der Waals surface area contributed by atoms with Crippen LogP contribution in [0.3, 0.4) is 0 Å². The van der Waals surface area contributed by atoms with E-state index < -0.39 is 0 Å². The first-order chi connectivity index (χ1) is 22.8. The molecule has 0 N–H and O–H groups in total. The molecule has 0 atom stereocenters. The van der Waals surface area contributed by atoms with E-state index in [1.165, 1.54) is 22.3 Å². The van der Waals surface area contributed by atoms with Crippen molar-refractivity contribution < 1.29 is 9.47 Å². The zero-order valence-corrected chi connectivity index (χ0v) is 27.0. The molecule has 47 heavy (non-hydrogen) atoms. The smallest absolute Gasteiger partial charge is 0.170 e. The summed E-state index contributed by atoms with van der Waals surface area (Å²) in [6, 6.07) is 26.7. The van der Waals surface area contributed by atoms with E-state index in [-0.39, 0.29) is 5.41 Å². The van der Waals surface area contributed by atoms with Crippen molar-refractivity contribution in [3.63, 3.8) is 0 Å². The van der Waals surface area contributed by atoms with E-state index in [4.69, 9.17) is 24.4 Å². The lowest BCUT2D eigenvalue weighted by Crippen LogP contribution is -2.15. The van der Waals surface area contributed by atoms with Gasteiger partial charge in [-0.05, 0) is 83.6 Å². The van der Waals surface area contributed by atoms with Crippen molar-refractivity contribution in [3.8, 4) is 56.9 Å². The van der Waals surface area contributed by atoms with E-state index in [0.717, 1.165) is 27.8 Å². The first-order valence-corrected chi connectivity index (χ1v) is 15.7. The standard InChI is InChI=1S/C42H35N3O2/c1-7-14-26(9-3)28-16-13-17-29(22-28)40-43-39(27(10-4)15-8-2)44-41(45-40)30-20-21-35-36(23-30)47-37-24-32-31-18-11-12-19-33(31)42(5,6)34(32)25-38(37)46-35/h7-25H,1,3H2,2,4-6H3/b15-8-,26-14+,27-10+. The molecule has 0 bridgehead atoms. The second kappa shape index (κ2) is 11.8. The quantitative estimate of drug-likeness (QED) is 0.168. The van der Waals surface area contributed by atoms with Gasteiger partial charge in [-0.3, -0.25) is 0 Å².